The lowest BCUT2D eigenvalue weighted by molar-refractivity contribution is 0.0931. The molecule has 1 aromatic rings. The van der Waals surface area contributed by atoms with Crippen molar-refractivity contribution in [1.29, 1.82) is 0 Å². The van der Waals surface area contributed by atoms with Gasteiger partial charge in [0.15, 0.2) is 0 Å². The predicted octanol–water partition coefficient (Wildman–Crippen LogP) is 4.50. The Morgan fingerprint density at radius 3 is 2.45 bits per heavy atom. The minimum atomic E-state index is -0.296. The Labute approximate surface area is 136 Å². The maximum Gasteiger partial charge on any atom is 0.0487 e. The number of halogens is 3. The summed E-state index contributed by atoms with van der Waals surface area (Å²) in [6.07, 6.45) is 1.66. The summed E-state index contributed by atoms with van der Waals surface area (Å²) in [6.45, 7) is 2.02. The third-order valence-electron chi connectivity index (χ3n) is 3.31. The van der Waals surface area contributed by atoms with Crippen LogP contribution in [0.1, 0.15) is 18.4 Å². The molecule has 5 heteroatoms. The summed E-state index contributed by atoms with van der Waals surface area (Å²) in [5.41, 5.74) is 0.769. The molecule has 0 radical (unpaired) electrons. The molecule has 0 atom stereocenters. The van der Waals surface area contributed by atoms with Crippen LogP contribution in [-0.2, 0) is 14.9 Å². The first kappa shape index (κ1) is 18.1. The molecule has 0 bridgehead atoms. The van der Waals surface area contributed by atoms with Crippen LogP contribution in [0, 0.1) is 0 Å². The van der Waals surface area contributed by atoms with Crippen molar-refractivity contribution in [2.24, 2.45) is 0 Å². The van der Waals surface area contributed by atoms with Crippen molar-refractivity contribution < 1.29 is 9.47 Å². The third kappa shape index (κ3) is 5.42. The van der Waals surface area contributed by atoms with Gasteiger partial charge in [-0.25, -0.2) is 0 Å². The summed E-state index contributed by atoms with van der Waals surface area (Å²) in [6, 6.07) is 7.71. The Morgan fingerprint density at radius 1 is 1.10 bits per heavy atom. The van der Waals surface area contributed by atoms with E-state index in [1.54, 1.807) is 7.11 Å². The zero-order chi connectivity index (χ0) is 14.8. The second-order valence-electron chi connectivity index (χ2n) is 4.77. The Kier molecular flexibility index (Phi) is 8.90. The normalized spacial score (nSPS) is 11.8. The summed E-state index contributed by atoms with van der Waals surface area (Å²) < 4.78 is 10.6. The van der Waals surface area contributed by atoms with E-state index < -0.39 is 0 Å². The van der Waals surface area contributed by atoms with Crippen LogP contribution in [-0.4, -0.2) is 38.7 Å². The third-order valence-corrected chi connectivity index (χ3v) is 4.57. The zero-order valence-electron chi connectivity index (χ0n) is 11.7. The van der Waals surface area contributed by atoms with E-state index in [4.69, 9.17) is 44.3 Å². The number of hydrogen-bond donors (Lipinski definition) is 0. The molecule has 114 valence electrons. The van der Waals surface area contributed by atoms with E-state index in [0.29, 0.717) is 36.6 Å². The monoisotopic (exact) mass is 338 g/mol. The van der Waals surface area contributed by atoms with Crippen LogP contribution in [0.3, 0.4) is 0 Å². The quantitative estimate of drug-likeness (QED) is 0.461. The highest BCUT2D eigenvalue weighted by atomic mass is 35.5. The van der Waals surface area contributed by atoms with E-state index in [-0.39, 0.29) is 5.41 Å². The van der Waals surface area contributed by atoms with Gasteiger partial charge in [0, 0.05) is 49.1 Å². The summed E-state index contributed by atoms with van der Waals surface area (Å²) in [7, 11) is 1.69. The van der Waals surface area contributed by atoms with Crippen molar-refractivity contribution in [3.05, 3.63) is 34.9 Å². The van der Waals surface area contributed by atoms with Crippen molar-refractivity contribution >= 4 is 34.8 Å². The van der Waals surface area contributed by atoms with E-state index in [9.17, 15) is 0 Å². The molecule has 0 aromatic heterocycles. The number of hydrogen-bond acceptors (Lipinski definition) is 2. The van der Waals surface area contributed by atoms with Gasteiger partial charge in [-0.3, -0.25) is 0 Å². The number of methoxy groups -OCH3 is 1. The van der Waals surface area contributed by atoms with Gasteiger partial charge in [0.1, 0.15) is 0 Å². The highest BCUT2D eigenvalue weighted by molar-refractivity contribution is 6.30. The Bertz CT molecular complexity index is 381. The molecule has 1 aromatic carbocycles. The van der Waals surface area contributed by atoms with Gasteiger partial charge in [-0.15, -0.1) is 23.2 Å². The maximum atomic E-state index is 6.17. The van der Waals surface area contributed by atoms with Gasteiger partial charge in [0.05, 0.1) is 0 Å². The molecule has 0 saturated carbocycles. The molecule has 0 saturated heterocycles. The maximum absolute atomic E-state index is 6.17. The molecule has 0 aliphatic carbocycles. The van der Waals surface area contributed by atoms with Crippen molar-refractivity contribution in [3.63, 3.8) is 0 Å². The van der Waals surface area contributed by atoms with Crippen LogP contribution < -0.4 is 0 Å². The van der Waals surface area contributed by atoms with Gasteiger partial charge >= 0.3 is 0 Å². The minimum Gasteiger partial charge on any atom is -0.385 e. The van der Waals surface area contributed by atoms with Gasteiger partial charge < -0.3 is 9.47 Å². The molecule has 0 aliphatic heterocycles. The lowest BCUT2D eigenvalue weighted by Crippen LogP contribution is -2.32. The van der Waals surface area contributed by atoms with E-state index in [2.05, 4.69) is 0 Å². The second kappa shape index (κ2) is 9.86. The summed E-state index contributed by atoms with van der Waals surface area (Å²) in [4.78, 5) is 0. The SMILES string of the molecule is COCCCOCCC(CCl)(CCl)c1cccc(Cl)c1. The van der Waals surface area contributed by atoms with Crippen LogP contribution in [0.5, 0.6) is 0 Å². The average Bonchev–Trinajstić information content (AvgIpc) is 2.47. The highest BCUT2D eigenvalue weighted by Crippen LogP contribution is 2.32. The number of benzene rings is 1. The van der Waals surface area contributed by atoms with Crippen molar-refractivity contribution in [1.82, 2.24) is 0 Å². The largest absolute Gasteiger partial charge is 0.385 e. The number of rotatable bonds is 10. The van der Waals surface area contributed by atoms with Gasteiger partial charge in [0.25, 0.3) is 0 Å². The fourth-order valence-electron chi connectivity index (χ4n) is 1.96. The van der Waals surface area contributed by atoms with Crippen LogP contribution >= 0.6 is 34.8 Å². The van der Waals surface area contributed by atoms with Crippen LogP contribution in [0.4, 0.5) is 0 Å². The van der Waals surface area contributed by atoms with Gasteiger partial charge in [0.2, 0.25) is 0 Å². The summed E-state index contributed by atoms with van der Waals surface area (Å²) >= 11 is 18.4. The number of alkyl halides is 2. The summed E-state index contributed by atoms with van der Waals surface area (Å²) in [5.74, 6) is 0.885. The Balaban J connectivity index is 2.58. The molecule has 0 aliphatic rings. The van der Waals surface area contributed by atoms with Gasteiger partial charge in [-0.05, 0) is 30.5 Å². The molecular formula is C15H21Cl3O2. The van der Waals surface area contributed by atoms with Gasteiger partial charge in [-0.2, -0.15) is 0 Å². The van der Waals surface area contributed by atoms with Crippen molar-refractivity contribution in [2.75, 3.05) is 38.7 Å². The van der Waals surface area contributed by atoms with E-state index in [1.165, 1.54) is 0 Å². The zero-order valence-corrected chi connectivity index (χ0v) is 14.0. The topological polar surface area (TPSA) is 18.5 Å². The second-order valence-corrected chi connectivity index (χ2v) is 5.74. The van der Waals surface area contributed by atoms with Crippen LogP contribution in [0.2, 0.25) is 5.02 Å². The molecule has 0 unspecified atom stereocenters. The molecule has 2 nitrogen and oxygen atoms in total. The van der Waals surface area contributed by atoms with E-state index in [1.807, 2.05) is 24.3 Å². The standard InChI is InChI=1S/C15H21Cl3O2/c1-19-7-3-8-20-9-6-15(11-16,12-17)13-4-2-5-14(18)10-13/h2,4-5,10H,3,6-9,11-12H2,1H3. The molecule has 0 fully saturated rings. The van der Waals surface area contributed by atoms with Crippen molar-refractivity contribution in [3.8, 4) is 0 Å². The molecule has 0 heterocycles. The first-order valence-electron chi connectivity index (χ1n) is 6.63. The van der Waals surface area contributed by atoms with Gasteiger partial charge in [-0.1, -0.05) is 23.7 Å². The van der Waals surface area contributed by atoms with E-state index >= 15 is 0 Å². The first-order valence-corrected chi connectivity index (χ1v) is 8.08. The fourth-order valence-corrected chi connectivity index (χ4v) is 3.01. The lowest BCUT2D eigenvalue weighted by Gasteiger charge is -2.30. The fraction of sp³-hybridized carbons (Fsp3) is 0.600. The summed E-state index contributed by atoms with van der Waals surface area (Å²) in [5, 5.41) is 0.697. The molecule has 0 amide bonds. The van der Waals surface area contributed by atoms with Crippen LogP contribution in [0.15, 0.2) is 24.3 Å². The lowest BCUT2D eigenvalue weighted by atomic mass is 9.81. The smallest absolute Gasteiger partial charge is 0.0487 e. The predicted molar refractivity (Wildman–Crippen MR) is 86.5 cm³/mol. The molecule has 20 heavy (non-hydrogen) atoms. The minimum absolute atomic E-state index is 0.296. The van der Waals surface area contributed by atoms with Crippen molar-refractivity contribution in [2.45, 2.75) is 18.3 Å². The van der Waals surface area contributed by atoms with E-state index in [0.717, 1.165) is 18.4 Å². The molecule has 1 rings (SSSR count). The molecule has 0 N–H and O–H groups in total. The molecular weight excluding hydrogens is 319 g/mol. The Morgan fingerprint density at radius 2 is 1.85 bits per heavy atom. The first-order chi connectivity index (χ1) is 9.68. The molecule has 0 spiro atoms. The Hall–Kier alpha value is 0.01000. The number of ether oxygens (including phenoxy) is 2. The highest BCUT2D eigenvalue weighted by Gasteiger charge is 2.30. The van der Waals surface area contributed by atoms with Crippen LogP contribution in [0.25, 0.3) is 0 Å². The average molecular weight is 340 g/mol.